The molecule has 4 nitrogen and oxygen atoms in total. The zero-order valence-electron chi connectivity index (χ0n) is 31.5. The molecule has 2 aliphatic carbocycles. The van der Waals surface area contributed by atoms with Crippen LogP contribution in [-0.2, 0) is 20.5 Å². The van der Waals surface area contributed by atoms with Gasteiger partial charge < -0.3 is 0 Å². The predicted octanol–water partition coefficient (Wildman–Crippen LogP) is 10.8. The standard InChI is InChI=1S/C46H56N4/c1-30-21-22-31(2)39(25-30)45-48(7)44-29-35(23-24-43(44)50(45)36-15-9-8-10-16-36)26-32(3)38-27-34(5)40(28-33(38)4)46-47(6)41-19-13-14-20-42(41)49(46)37-17-11-12-18-37/h13-14,19-25,27-29,32,36-37H,8-12,15-18,26H2,1-7H3/q+2. The summed E-state index contributed by atoms with van der Waals surface area (Å²) in [7, 11) is 4.56. The van der Waals surface area contributed by atoms with Gasteiger partial charge in [-0.05, 0) is 156 Å². The van der Waals surface area contributed by atoms with Crippen molar-refractivity contribution in [2.24, 2.45) is 14.1 Å². The molecule has 0 bridgehead atoms. The van der Waals surface area contributed by atoms with Gasteiger partial charge in [-0.1, -0.05) is 55.3 Å². The first-order valence-electron chi connectivity index (χ1n) is 19.4. The Morgan fingerprint density at radius 2 is 1.20 bits per heavy atom. The molecule has 2 saturated carbocycles. The highest BCUT2D eigenvalue weighted by molar-refractivity contribution is 5.79. The molecule has 0 aliphatic heterocycles. The van der Waals surface area contributed by atoms with Gasteiger partial charge in [0.2, 0.25) is 0 Å². The van der Waals surface area contributed by atoms with Crippen molar-refractivity contribution in [3.8, 4) is 22.8 Å². The van der Waals surface area contributed by atoms with E-state index in [0.29, 0.717) is 18.0 Å². The Kier molecular flexibility index (Phi) is 8.69. The number of hydrogen-bond acceptors (Lipinski definition) is 0. The summed E-state index contributed by atoms with van der Waals surface area (Å²) in [5, 5.41) is 0. The molecule has 4 heteroatoms. The summed E-state index contributed by atoms with van der Waals surface area (Å²) in [5.74, 6) is 3.14. The summed E-state index contributed by atoms with van der Waals surface area (Å²) in [6.07, 6.45) is 12.8. The van der Waals surface area contributed by atoms with Gasteiger partial charge in [0.25, 0.3) is 11.6 Å². The number of aryl methyl sites for hydroxylation is 6. The van der Waals surface area contributed by atoms with E-state index in [2.05, 4.69) is 140 Å². The fraction of sp³-hybridized carbons (Fsp3) is 0.435. The molecule has 6 aromatic rings. The molecule has 0 radical (unpaired) electrons. The highest BCUT2D eigenvalue weighted by Crippen LogP contribution is 2.40. The van der Waals surface area contributed by atoms with Crippen molar-refractivity contribution in [1.82, 2.24) is 9.13 Å². The number of nitrogens with zero attached hydrogens (tertiary/aromatic N) is 4. The first-order valence-corrected chi connectivity index (χ1v) is 19.4. The van der Waals surface area contributed by atoms with Gasteiger partial charge in [-0.25, -0.2) is 18.3 Å². The van der Waals surface area contributed by atoms with Crippen LogP contribution in [0, 0.1) is 27.7 Å². The van der Waals surface area contributed by atoms with Crippen molar-refractivity contribution in [2.45, 2.75) is 117 Å². The normalized spacial score (nSPS) is 16.6. The van der Waals surface area contributed by atoms with E-state index in [1.807, 2.05) is 0 Å². The Hall–Kier alpha value is -4.18. The van der Waals surface area contributed by atoms with Crippen molar-refractivity contribution >= 4 is 22.1 Å². The molecule has 4 aromatic carbocycles. The first kappa shape index (κ1) is 33.0. The lowest BCUT2D eigenvalue weighted by Crippen LogP contribution is -2.31. The second-order valence-corrected chi connectivity index (χ2v) is 16.0. The van der Waals surface area contributed by atoms with Crippen molar-refractivity contribution in [1.29, 1.82) is 0 Å². The number of benzene rings is 4. The number of hydrogen-bond donors (Lipinski definition) is 0. The zero-order chi connectivity index (χ0) is 34.7. The van der Waals surface area contributed by atoms with Crippen LogP contribution in [0.4, 0.5) is 0 Å². The smallest absolute Gasteiger partial charge is 0.226 e. The summed E-state index contributed by atoms with van der Waals surface area (Å²) in [6, 6.07) is 29.4. The third-order valence-corrected chi connectivity index (χ3v) is 12.4. The van der Waals surface area contributed by atoms with Gasteiger partial charge in [-0.2, -0.15) is 0 Å². The summed E-state index contributed by atoms with van der Waals surface area (Å²) >= 11 is 0. The molecule has 2 heterocycles. The SMILES string of the molecule is Cc1ccc(C)c(-c2n(C3CCCCC3)c3ccc(CC(C)c4cc(C)c(-c5n(C6CCCC6)c6ccccc6[n+]5C)cc4C)cc3[n+]2C)c1. The minimum atomic E-state index is 0.416. The lowest BCUT2D eigenvalue weighted by Gasteiger charge is -2.21. The zero-order valence-corrected chi connectivity index (χ0v) is 31.5. The molecule has 0 spiro atoms. The molecule has 1 unspecified atom stereocenters. The van der Waals surface area contributed by atoms with Crippen molar-refractivity contribution < 1.29 is 9.13 Å². The van der Waals surface area contributed by atoms with Gasteiger partial charge in [-0.3, -0.25) is 0 Å². The van der Waals surface area contributed by atoms with Crippen LogP contribution in [0.1, 0.15) is 116 Å². The summed E-state index contributed by atoms with van der Waals surface area (Å²) in [4.78, 5) is 0. The largest absolute Gasteiger partial charge is 0.290 e. The van der Waals surface area contributed by atoms with Gasteiger partial charge in [0.05, 0.1) is 25.2 Å². The molecular formula is C46H56N4+2. The number of aromatic nitrogens is 4. The van der Waals surface area contributed by atoms with Gasteiger partial charge in [0.1, 0.15) is 12.1 Å². The number of para-hydroxylation sites is 2. The van der Waals surface area contributed by atoms with Crippen LogP contribution in [0.2, 0.25) is 0 Å². The van der Waals surface area contributed by atoms with Crippen molar-refractivity contribution in [2.75, 3.05) is 0 Å². The number of fused-ring (bicyclic) bond motifs is 2. The van der Waals surface area contributed by atoms with Crippen LogP contribution < -0.4 is 9.13 Å². The van der Waals surface area contributed by atoms with Gasteiger partial charge in [0.15, 0.2) is 22.1 Å². The van der Waals surface area contributed by atoms with E-state index < -0.39 is 0 Å². The summed E-state index contributed by atoms with van der Waals surface area (Å²) in [6.45, 7) is 11.6. The number of rotatable bonds is 7. The van der Waals surface area contributed by atoms with Crippen LogP contribution in [-0.4, -0.2) is 9.13 Å². The van der Waals surface area contributed by atoms with E-state index in [0.717, 1.165) is 6.42 Å². The topological polar surface area (TPSA) is 17.6 Å². The minimum Gasteiger partial charge on any atom is -0.226 e. The molecule has 8 rings (SSSR count). The molecule has 50 heavy (non-hydrogen) atoms. The maximum Gasteiger partial charge on any atom is 0.290 e. The van der Waals surface area contributed by atoms with E-state index in [1.165, 1.54) is 136 Å². The third-order valence-electron chi connectivity index (χ3n) is 12.4. The highest BCUT2D eigenvalue weighted by atomic mass is 15.2. The van der Waals surface area contributed by atoms with E-state index >= 15 is 0 Å². The molecule has 258 valence electrons. The van der Waals surface area contributed by atoms with Crippen LogP contribution in [0.3, 0.4) is 0 Å². The molecule has 0 N–H and O–H groups in total. The molecular weight excluding hydrogens is 609 g/mol. The van der Waals surface area contributed by atoms with Crippen molar-refractivity contribution in [3.05, 3.63) is 106 Å². The second-order valence-electron chi connectivity index (χ2n) is 16.0. The first-order chi connectivity index (χ1) is 24.2. The number of imidazole rings is 2. The Morgan fingerprint density at radius 1 is 0.600 bits per heavy atom. The molecule has 0 amide bonds. The fourth-order valence-electron chi connectivity index (χ4n) is 9.81. The average molecular weight is 665 g/mol. The third kappa shape index (κ3) is 5.60. The van der Waals surface area contributed by atoms with E-state index in [4.69, 9.17) is 0 Å². The van der Waals surface area contributed by atoms with Crippen LogP contribution in [0.5, 0.6) is 0 Å². The van der Waals surface area contributed by atoms with Crippen LogP contribution in [0.25, 0.3) is 44.8 Å². The van der Waals surface area contributed by atoms with E-state index in [1.54, 1.807) is 0 Å². The molecule has 2 aliphatic rings. The van der Waals surface area contributed by atoms with Crippen LogP contribution >= 0.6 is 0 Å². The minimum absolute atomic E-state index is 0.416. The molecule has 2 fully saturated rings. The lowest BCUT2D eigenvalue weighted by atomic mass is 9.87. The summed E-state index contributed by atoms with van der Waals surface area (Å²) < 4.78 is 10.3. The summed E-state index contributed by atoms with van der Waals surface area (Å²) in [5.41, 5.74) is 16.5. The molecule has 2 aromatic heterocycles. The quantitative estimate of drug-likeness (QED) is 0.151. The monoisotopic (exact) mass is 664 g/mol. The van der Waals surface area contributed by atoms with Gasteiger partial charge in [0, 0.05) is 0 Å². The van der Waals surface area contributed by atoms with Crippen molar-refractivity contribution in [3.63, 3.8) is 0 Å². The van der Waals surface area contributed by atoms with E-state index in [9.17, 15) is 0 Å². The maximum atomic E-state index is 2.71. The van der Waals surface area contributed by atoms with Gasteiger partial charge >= 0.3 is 0 Å². The Labute approximate surface area is 299 Å². The average Bonchev–Trinajstić information content (AvgIpc) is 3.83. The maximum absolute atomic E-state index is 2.71. The van der Waals surface area contributed by atoms with E-state index in [-0.39, 0.29) is 0 Å². The Morgan fingerprint density at radius 3 is 1.90 bits per heavy atom. The predicted molar refractivity (Wildman–Crippen MR) is 208 cm³/mol. The Bertz CT molecular complexity index is 2220. The Balaban J connectivity index is 1.16. The van der Waals surface area contributed by atoms with Crippen LogP contribution in [0.15, 0.2) is 72.8 Å². The second kappa shape index (κ2) is 13.2. The lowest BCUT2D eigenvalue weighted by molar-refractivity contribution is -0.634. The van der Waals surface area contributed by atoms with Gasteiger partial charge in [-0.15, -0.1) is 0 Å². The molecule has 1 atom stereocenters. The highest BCUT2D eigenvalue weighted by Gasteiger charge is 2.34. The molecule has 0 saturated heterocycles. The fourth-order valence-corrected chi connectivity index (χ4v) is 9.81.